The summed E-state index contributed by atoms with van der Waals surface area (Å²) in [6.45, 7) is 5.70. The summed E-state index contributed by atoms with van der Waals surface area (Å²) in [5.74, 6) is 1.75. The van der Waals surface area contributed by atoms with Crippen molar-refractivity contribution in [3.63, 3.8) is 0 Å². The predicted molar refractivity (Wildman–Crippen MR) is 92.0 cm³/mol. The number of ketones is 1. The monoisotopic (exact) mass is 346 g/mol. The number of hydrogen-bond donors (Lipinski definition) is 2. The lowest BCUT2D eigenvalue weighted by Gasteiger charge is -2.40. The number of rotatable bonds is 4. The highest BCUT2D eigenvalue weighted by atomic mass is 32.2. The standard InChI is InChI=1S/C15H26N2O3S2/c1-9(2)14(3,16)12(18)11-15(21-6-5-7-22-15)8-10(17-11)13(19)20-4/h9-11,17H,5-8,16H2,1-4H3. The van der Waals surface area contributed by atoms with Gasteiger partial charge in [0.2, 0.25) is 0 Å². The number of carbonyl (C=O) groups is 2. The smallest absolute Gasteiger partial charge is 0.322 e. The lowest BCUT2D eigenvalue weighted by molar-refractivity contribution is -0.142. The first kappa shape index (κ1) is 18.1. The first-order valence-electron chi connectivity index (χ1n) is 7.69. The van der Waals surface area contributed by atoms with Crippen molar-refractivity contribution < 1.29 is 14.3 Å². The van der Waals surface area contributed by atoms with Gasteiger partial charge in [0.05, 0.1) is 22.8 Å². The van der Waals surface area contributed by atoms with Gasteiger partial charge in [0.1, 0.15) is 6.04 Å². The summed E-state index contributed by atoms with van der Waals surface area (Å²) >= 11 is 3.57. The molecule has 2 saturated heterocycles. The Morgan fingerprint density at radius 1 is 1.36 bits per heavy atom. The molecule has 2 aliphatic heterocycles. The molecular weight excluding hydrogens is 320 g/mol. The van der Waals surface area contributed by atoms with Gasteiger partial charge in [0.25, 0.3) is 0 Å². The number of esters is 1. The van der Waals surface area contributed by atoms with Crippen LogP contribution in [0, 0.1) is 5.92 Å². The lowest BCUT2D eigenvalue weighted by atomic mass is 9.82. The Kier molecular flexibility index (Phi) is 5.52. The van der Waals surface area contributed by atoms with E-state index in [0.29, 0.717) is 6.42 Å². The Morgan fingerprint density at radius 3 is 2.45 bits per heavy atom. The van der Waals surface area contributed by atoms with Gasteiger partial charge in [-0.3, -0.25) is 14.9 Å². The molecule has 0 aliphatic carbocycles. The van der Waals surface area contributed by atoms with Gasteiger partial charge in [-0.2, -0.15) is 0 Å². The molecule has 5 nitrogen and oxygen atoms in total. The predicted octanol–water partition coefficient (Wildman–Crippen LogP) is 1.40. The number of thioether (sulfide) groups is 2. The Hall–Kier alpha value is -0.240. The zero-order valence-electron chi connectivity index (χ0n) is 13.7. The van der Waals surface area contributed by atoms with Crippen molar-refractivity contribution in [3.05, 3.63) is 0 Å². The van der Waals surface area contributed by atoms with Gasteiger partial charge in [0, 0.05) is 0 Å². The molecule has 0 bridgehead atoms. The molecule has 2 heterocycles. The van der Waals surface area contributed by atoms with E-state index >= 15 is 0 Å². The number of nitrogens with one attached hydrogen (secondary N) is 1. The molecular formula is C15H26N2O3S2. The van der Waals surface area contributed by atoms with E-state index in [9.17, 15) is 9.59 Å². The minimum absolute atomic E-state index is 0.00389. The van der Waals surface area contributed by atoms with E-state index < -0.39 is 17.6 Å². The fraction of sp³-hybridized carbons (Fsp3) is 0.867. The maximum Gasteiger partial charge on any atom is 0.322 e. The van der Waals surface area contributed by atoms with Crippen molar-refractivity contribution in [2.75, 3.05) is 18.6 Å². The fourth-order valence-electron chi connectivity index (χ4n) is 2.83. The van der Waals surface area contributed by atoms with Crippen molar-refractivity contribution in [3.8, 4) is 0 Å². The van der Waals surface area contributed by atoms with Crippen LogP contribution in [0.1, 0.15) is 33.6 Å². The zero-order chi connectivity index (χ0) is 16.5. The van der Waals surface area contributed by atoms with E-state index in [1.807, 2.05) is 13.8 Å². The zero-order valence-corrected chi connectivity index (χ0v) is 15.3. The Bertz CT molecular complexity index is 448. The Morgan fingerprint density at radius 2 is 1.95 bits per heavy atom. The van der Waals surface area contributed by atoms with Crippen molar-refractivity contribution in [2.45, 2.75) is 55.3 Å². The summed E-state index contributed by atoms with van der Waals surface area (Å²) in [5.41, 5.74) is 5.39. The van der Waals surface area contributed by atoms with Gasteiger partial charge in [0.15, 0.2) is 5.78 Å². The molecule has 3 unspecified atom stereocenters. The van der Waals surface area contributed by atoms with Crippen LogP contribution in [0.2, 0.25) is 0 Å². The topological polar surface area (TPSA) is 81.4 Å². The summed E-state index contributed by atoms with van der Waals surface area (Å²) in [6, 6.07) is -0.843. The van der Waals surface area contributed by atoms with Crippen LogP contribution >= 0.6 is 23.5 Å². The van der Waals surface area contributed by atoms with E-state index in [1.54, 1.807) is 30.4 Å². The molecule has 0 aromatic heterocycles. The van der Waals surface area contributed by atoms with E-state index in [0.717, 1.165) is 17.9 Å². The van der Waals surface area contributed by atoms with Crippen molar-refractivity contribution in [1.29, 1.82) is 0 Å². The summed E-state index contributed by atoms with van der Waals surface area (Å²) < 4.78 is 4.56. The summed E-state index contributed by atoms with van der Waals surface area (Å²) in [5, 5.41) is 3.22. The highest BCUT2D eigenvalue weighted by Gasteiger charge is 2.56. The molecule has 2 fully saturated rings. The average molecular weight is 347 g/mol. The molecule has 0 amide bonds. The highest BCUT2D eigenvalue weighted by molar-refractivity contribution is 8.18. The first-order valence-corrected chi connectivity index (χ1v) is 9.66. The van der Waals surface area contributed by atoms with Crippen LogP contribution in [0.3, 0.4) is 0 Å². The molecule has 2 aliphatic rings. The van der Waals surface area contributed by atoms with Gasteiger partial charge in [-0.15, -0.1) is 23.5 Å². The van der Waals surface area contributed by atoms with Crippen LogP contribution in [0.15, 0.2) is 0 Å². The van der Waals surface area contributed by atoms with Crippen LogP contribution in [-0.2, 0) is 14.3 Å². The molecule has 3 atom stereocenters. The van der Waals surface area contributed by atoms with E-state index in [4.69, 9.17) is 10.5 Å². The molecule has 1 spiro atoms. The normalized spacial score (nSPS) is 30.3. The van der Waals surface area contributed by atoms with Crippen molar-refractivity contribution in [1.82, 2.24) is 5.32 Å². The molecule has 7 heteroatoms. The SMILES string of the molecule is COC(=O)C1CC2(SCCCS2)C(C(=O)C(C)(N)C(C)C)N1. The van der Waals surface area contributed by atoms with Gasteiger partial charge in [-0.05, 0) is 37.2 Å². The van der Waals surface area contributed by atoms with Crippen LogP contribution in [0.25, 0.3) is 0 Å². The van der Waals surface area contributed by atoms with Crippen molar-refractivity contribution >= 4 is 35.3 Å². The maximum absolute atomic E-state index is 13.1. The second-order valence-corrected chi connectivity index (χ2v) is 9.65. The third-order valence-electron chi connectivity index (χ3n) is 4.76. The van der Waals surface area contributed by atoms with Crippen LogP contribution in [0.5, 0.6) is 0 Å². The Balaban J connectivity index is 2.29. The van der Waals surface area contributed by atoms with Gasteiger partial charge in [-0.25, -0.2) is 0 Å². The molecule has 0 saturated carbocycles. The van der Waals surface area contributed by atoms with Crippen LogP contribution < -0.4 is 11.1 Å². The quantitative estimate of drug-likeness (QED) is 0.745. The van der Waals surface area contributed by atoms with Crippen molar-refractivity contribution in [2.24, 2.45) is 11.7 Å². The number of methoxy groups -OCH3 is 1. The van der Waals surface area contributed by atoms with Crippen LogP contribution in [0.4, 0.5) is 0 Å². The number of carbonyl (C=O) groups excluding carboxylic acids is 2. The first-order chi connectivity index (χ1) is 10.2. The average Bonchev–Trinajstić information content (AvgIpc) is 2.85. The molecule has 0 radical (unpaired) electrons. The summed E-state index contributed by atoms with van der Waals surface area (Å²) in [7, 11) is 1.38. The molecule has 0 aromatic rings. The van der Waals surface area contributed by atoms with Crippen LogP contribution in [-0.4, -0.2) is 52.1 Å². The van der Waals surface area contributed by atoms with E-state index in [-0.39, 0.29) is 21.7 Å². The van der Waals surface area contributed by atoms with E-state index in [1.165, 1.54) is 7.11 Å². The minimum atomic E-state index is -0.908. The molecule has 22 heavy (non-hydrogen) atoms. The number of nitrogens with two attached hydrogens (primary N) is 1. The van der Waals surface area contributed by atoms with E-state index in [2.05, 4.69) is 5.32 Å². The second kappa shape index (κ2) is 6.71. The lowest BCUT2D eigenvalue weighted by Crippen LogP contribution is -2.60. The van der Waals surface area contributed by atoms with Gasteiger partial charge < -0.3 is 10.5 Å². The Labute approximate surface area is 140 Å². The largest absolute Gasteiger partial charge is 0.468 e. The van der Waals surface area contributed by atoms with Gasteiger partial charge in [-0.1, -0.05) is 13.8 Å². The maximum atomic E-state index is 13.1. The number of Topliss-reactive ketones (excluding diaryl/α,β-unsaturated/α-hetero) is 1. The molecule has 2 rings (SSSR count). The third-order valence-corrected chi connectivity index (χ3v) is 8.23. The molecule has 126 valence electrons. The van der Waals surface area contributed by atoms with Gasteiger partial charge >= 0.3 is 5.97 Å². The minimum Gasteiger partial charge on any atom is -0.468 e. The molecule has 0 aromatic carbocycles. The summed E-state index contributed by atoms with van der Waals surface area (Å²) in [4.78, 5) is 25.0. The third kappa shape index (κ3) is 3.18. The highest BCUT2D eigenvalue weighted by Crippen LogP contribution is 2.52. The number of ether oxygens (including phenoxy) is 1. The summed E-state index contributed by atoms with van der Waals surface area (Å²) in [6.07, 6.45) is 1.74. The fourth-order valence-corrected chi connectivity index (χ4v) is 6.37. The molecule has 3 N–H and O–H groups in total. The number of hydrogen-bond acceptors (Lipinski definition) is 7. The second-order valence-electron chi connectivity index (χ2n) is 6.54.